The van der Waals surface area contributed by atoms with Crippen LogP contribution in [0.3, 0.4) is 0 Å². The van der Waals surface area contributed by atoms with Gasteiger partial charge < -0.3 is 25.8 Å². The van der Waals surface area contributed by atoms with Crippen LogP contribution in [0.2, 0.25) is 5.02 Å². The van der Waals surface area contributed by atoms with Crippen molar-refractivity contribution in [1.82, 2.24) is 10.6 Å². The minimum atomic E-state index is -0.698. The maximum absolute atomic E-state index is 12.2. The zero-order valence-corrected chi connectivity index (χ0v) is 15.2. The van der Waals surface area contributed by atoms with Crippen LogP contribution in [0.25, 0.3) is 0 Å². The van der Waals surface area contributed by atoms with E-state index in [-0.39, 0.29) is 35.7 Å². The standard InChI is InChI=1S/C17H20ClN3O5/c1-3-12-14(16(23)25-4-2)13(21-17(24)20-12)8-26-15(22)10-6-5-9(18)7-11(10)19/h5-7,12H,3-4,8,19H2,1-2H3,(H2,20,21,24)/t12-/m0/s1. The van der Waals surface area contributed by atoms with E-state index in [1.807, 2.05) is 6.92 Å². The minimum Gasteiger partial charge on any atom is -0.463 e. The smallest absolute Gasteiger partial charge is 0.340 e. The van der Waals surface area contributed by atoms with Crippen LogP contribution < -0.4 is 16.4 Å². The van der Waals surface area contributed by atoms with E-state index in [1.54, 1.807) is 6.92 Å². The molecule has 1 aromatic rings. The van der Waals surface area contributed by atoms with Gasteiger partial charge in [-0.05, 0) is 31.5 Å². The Labute approximate surface area is 155 Å². The van der Waals surface area contributed by atoms with Crippen molar-refractivity contribution < 1.29 is 23.9 Å². The summed E-state index contributed by atoms with van der Waals surface area (Å²) in [6, 6.07) is 3.37. The van der Waals surface area contributed by atoms with E-state index in [2.05, 4.69) is 10.6 Å². The molecule has 9 heteroatoms. The number of hydrogen-bond donors (Lipinski definition) is 3. The lowest BCUT2D eigenvalue weighted by atomic mass is 10.0. The second kappa shape index (κ2) is 8.57. The number of nitrogens with two attached hydrogens (primary N) is 1. The lowest BCUT2D eigenvalue weighted by Crippen LogP contribution is -2.51. The van der Waals surface area contributed by atoms with Gasteiger partial charge in [0.25, 0.3) is 0 Å². The van der Waals surface area contributed by atoms with Crippen molar-refractivity contribution in [2.75, 3.05) is 18.9 Å². The van der Waals surface area contributed by atoms with Gasteiger partial charge in [0.15, 0.2) is 0 Å². The maximum Gasteiger partial charge on any atom is 0.340 e. The Hall–Kier alpha value is -2.74. The zero-order chi connectivity index (χ0) is 19.3. The number of carbonyl (C=O) groups is 3. The normalized spacial score (nSPS) is 16.6. The van der Waals surface area contributed by atoms with E-state index in [0.29, 0.717) is 11.4 Å². The van der Waals surface area contributed by atoms with Crippen molar-refractivity contribution in [3.63, 3.8) is 0 Å². The summed E-state index contributed by atoms with van der Waals surface area (Å²) in [5, 5.41) is 5.53. The summed E-state index contributed by atoms with van der Waals surface area (Å²) in [5.41, 5.74) is 6.48. The van der Waals surface area contributed by atoms with Gasteiger partial charge in [0.1, 0.15) is 6.61 Å². The number of esters is 2. The third kappa shape index (κ3) is 4.45. The Morgan fingerprint density at radius 3 is 2.58 bits per heavy atom. The first kappa shape index (κ1) is 19.6. The second-order valence-corrected chi connectivity index (χ2v) is 5.92. The molecule has 0 saturated carbocycles. The molecule has 1 heterocycles. The number of carbonyl (C=O) groups excluding carboxylic acids is 3. The van der Waals surface area contributed by atoms with Crippen molar-refractivity contribution in [1.29, 1.82) is 0 Å². The quantitative estimate of drug-likeness (QED) is 0.512. The number of ether oxygens (including phenoxy) is 2. The SMILES string of the molecule is CCOC(=O)C1=C(COC(=O)c2ccc(Cl)cc2N)NC(=O)N[C@H]1CC. The van der Waals surface area contributed by atoms with Crippen LogP contribution >= 0.6 is 11.6 Å². The predicted octanol–water partition coefficient (Wildman–Crippen LogP) is 1.99. The average molecular weight is 382 g/mol. The largest absolute Gasteiger partial charge is 0.463 e. The van der Waals surface area contributed by atoms with Crippen molar-refractivity contribution in [3.05, 3.63) is 40.1 Å². The summed E-state index contributed by atoms with van der Waals surface area (Å²) < 4.78 is 10.3. The summed E-state index contributed by atoms with van der Waals surface area (Å²) >= 11 is 5.81. The van der Waals surface area contributed by atoms with Crippen molar-refractivity contribution >= 4 is 35.3 Å². The van der Waals surface area contributed by atoms with Crippen LogP contribution in [-0.4, -0.2) is 37.2 Å². The summed E-state index contributed by atoms with van der Waals surface area (Å²) in [6.45, 7) is 3.37. The average Bonchev–Trinajstić information content (AvgIpc) is 2.59. The van der Waals surface area contributed by atoms with E-state index in [4.69, 9.17) is 26.8 Å². The molecule has 1 aromatic carbocycles. The highest BCUT2D eigenvalue weighted by molar-refractivity contribution is 6.31. The van der Waals surface area contributed by atoms with Gasteiger partial charge in [-0.3, -0.25) is 0 Å². The summed E-state index contributed by atoms with van der Waals surface area (Å²) in [7, 11) is 0. The molecule has 8 nitrogen and oxygen atoms in total. The van der Waals surface area contributed by atoms with Crippen LogP contribution in [0, 0.1) is 0 Å². The van der Waals surface area contributed by atoms with Crippen LogP contribution in [0.15, 0.2) is 29.5 Å². The fraction of sp³-hybridized carbons (Fsp3) is 0.353. The molecule has 0 bridgehead atoms. The first-order valence-electron chi connectivity index (χ1n) is 8.07. The fourth-order valence-corrected chi connectivity index (χ4v) is 2.69. The second-order valence-electron chi connectivity index (χ2n) is 5.48. The zero-order valence-electron chi connectivity index (χ0n) is 14.4. The molecule has 1 atom stereocenters. The number of halogens is 1. The molecule has 2 amide bonds. The maximum atomic E-state index is 12.2. The van der Waals surface area contributed by atoms with Crippen LogP contribution in [0.4, 0.5) is 10.5 Å². The molecular formula is C17H20ClN3O5. The molecule has 140 valence electrons. The van der Waals surface area contributed by atoms with Gasteiger partial charge in [0.05, 0.1) is 29.5 Å². The van der Waals surface area contributed by atoms with Gasteiger partial charge in [-0.2, -0.15) is 0 Å². The molecule has 0 radical (unpaired) electrons. The Kier molecular flexibility index (Phi) is 6.46. The van der Waals surface area contributed by atoms with Crippen LogP contribution in [0.1, 0.15) is 30.6 Å². The molecule has 1 aliphatic heterocycles. The molecule has 0 spiro atoms. The third-order valence-electron chi connectivity index (χ3n) is 3.73. The van der Waals surface area contributed by atoms with Gasteiger partial charge in [0, 0.05) is 10.7 Å². The lowest BCUT2D eigenvalue weighted by molar-refractivity contribution is -0.139. The van der Waals surface area contributed by atoms with Gasteiger partial charge in [-0.25, -0.2) is 14.4 Å². The molecule has 0 aliphatic carbocycles. The van der Waals surface area contributed by atoms with E-state index >= 15 is 0 Å². The molecule has 0 unspecified atom stereocenters. The van der Waals surface area contributed by atoms with Crippen LogP contribution in [-0.2, 0) is 14.3 Å². The number of urea groups is 1. The minimum absolute atomic E-state index is 0.139. The monoisotopic (exact) mass is 381 g/mol. The Morgan fingerprint density at radius 2 is 1.96 bits per heavy atom. The number of nitrogens with one attached hydrogen (secondary N) is 2. The molecule has 0 fully saturated rings. The number of anilines is 1. The predicted molar refractivity (Wildman–Crippen MR) is 95.6 cm³/mol. The molecule has 1 aliphatic rings. The van der Waals surface area contributed by atoms with Gasteiger partial charge in [-0.1, -0.05) is 18.5 Å². The summed E-state index contributed by atoms with van der Waals surface area (Å²) in [6.07, 6.45) is 0.475. The number of hydrogen-bond acceptors (Lipinski definition) is 6. The molecule has 2 rings (SSSR count). The number of nitrogen functional groups attached to an aromatic ring is 1. The van der Waals surface area contributed by atoms with Crippen molar-refractivity contribution in [2.24, 2.45) is 0 Å². The Bertz CT molecular complexity index is 763. The molecular weight excluding hydrogens is 362 g/mol. The summed E-state index contributed by atoms with van der Waals surface area (Å²) in [5.74, 6) is -1.28. The third-order valence-corrected chi connectivity index (χ3v) is 3.96. The van der Waals surface area contributed by atoms with Crippen molar-refractivity contribution in [3.8, 4) is 0 Å². The lowest BCUT2D eigenvalue weighted by Gasteiger charge is -2.28. The topological polar surface area (TPSA) is 120 Å². The molecule has 0 saturated heterocycles. The first-order valence-corrected chi connectivity index (χ1v) is 8.44. The highest BCUT2D eigenvalue weighted by Crippen LogP contribution is 2.21. The molecule has 0 aromatic heterocycles. The fourth-order valence-electron chi connectivity index (χ4n) is 2.51. The highest BCUT2D eigenvalue weighted by Gasteiger charge is 2.32. The number of rotatable bonds is 6. The molecule has 26 heavy (non-hydrogen) atoms. The van der Waals surface area contributed by atoms with Crippen molar-refractivity contribution in [2.45, 2.75) is 26.3 Å². The van der Waals surface area contributed by atoms with E-state index in [9.17, 15) is 14.4 Å². The highest BCUT2D eigenvalue weighted by atomic mass is 35.5. The number of benzene rings is 1. The molecule has 4 N–H and O–H groups in total. The van der Waals surface area contributed by atoms with E-state index in [0.717, 1.165) is 0 Å². The number of amides is 2. The van der Waals surface area contributed by atoms with Gasteiger partial charge >= 0.3 is 18.0 Å². The van der Waals surface area contributed by atoms with Gasteiger partial charge in [-0.15, -0.1) is 0 Å². The van der Waals surface area contributed by atoms with E-state index < -0.39 is 24.0 Å². The Morgan fingerprint density at radius 1 is 1.23 bits per heavy atom. The summed E-state index contributed by atoms with van der Waals surface area (Å²) in [4.78, 5) is 36.3. The van der Waals surface area contributed by atoms with Crippen LogP contribution in [0.5, 0.6) is 0 Å². The Balaban J connectivity index is 2.23. The van der Waals surface area contributed by atoms with E-state index in [1.165, 1.54) is 18.2 Å². The first-order chi connectivity index (χ1) is 12.4. The van der Waals surface area contributed by atoms with Gasteiger partial charge in [0.2, 0.25) is 0 Å².